The number of rotatable bonds is 8. The molecule has 0 spiro atoms. The minimum absolute atomic E-state index is 0.105. The molecule has 1 N–H and O–H groups in total. The smallest absolute Gasteiger partial charge is 0.243 e. The lowest BCUT2D eigenvalue weighted by molar-refractivity contribution is -0.131. The Morgan fingerprint density at radius 3 is 2.47 bits per heavy atom. The van der Waals surface area contributed by atoms with Gasteiger partial charge in [0.2, 0.25) is 11.8 Å². The van der Waals surface area contributed by atoms with Gasteiger partial charge < -0.3 is 14.8 Å². The van der Waals surface area contributed by atoms with Crippen LogP contribution < -0.4 is 5.32 Å². The van der Waals surface area contributed by atoms with Gasteiger partial charge in [0, 0.05) is 24.8 Å². The van der Waals surface area contributed by atoms with Crippen LogP contribution in [0.1, 0.15) is 6.92 Å². The molecule has 3 aromatic rings. The summed E-state index contributed by atoms with van der Waals surface area (Å²) in [5, 5.41) is 11.8. The van der Waals surface area contributed by atoms with E-state index >= 15 is 0 Å². The molecule has 156 valence electrons. The standard InChI is InChI=1S/C21H22FN5O2S/c1-3-27-20(15-7-5-4-6-8-15)24-25-21(27)30-14-19(29)26(2)13-18(28)23-17-11-9-16(22)10-12-17/h4-12H,3,13-14H2,1-2H3,(H,23,28). The summed E-state index contributed by atoms with van der Waals surface area (Å²) < 4.78 is 14.9. The molecular weight excluding hydrogens is 405 g/mol. The molecule has 1 aromatic heterocycles. The van der Waals surface area contributed by atoms with Gasteiger partial charge in [-0.1, -0.05) is 42.1 Å². The first-order valence-corrected chi connectivity index (χ1v) is 10.4. The molecule has 2 aromatic carbocycles. The monoisotopic (exact) mass is 427 g/mol. The molecule has 0 aliphatic carbocycles. The number of anilines is 1. The van der Waals surface area contributed by atoms with Gasteiger partial charge in [-0.3, -0.25) is 9.59 Å². The van der Waals surface area contributed by atoms with Gasteiger partial charge in [-0.15, -0.1) is 10.2 Å². The Morgan fingerprint density at radius 1 is 1.10 bits per heavy atom. The van der Waals surface area contributed by atoms with Crippen molar-refractivity contribution in [2.24, 2.45) is 0 Å². The van der Waals surface area contributed by atoms with Crippen molar-refractivity contribution in [2.75, 3.05) is 24.7 Å². The third-order valence-electron chi connectivity index (χ3n) is 4.32. The number of carbonyl (C=O) groups is 2. The molecule has 2 amide bonds. The first-order chi connectivity index (χ1) is 14.5. The molecule has 0 saturated carbocycles. The predicted molar refractivity (Wildman–Crippen MR) is 115 cm³/mol. The fourth-order valence-corrected chi connectivity index (χ4v) is 3.70. The van der Waals surface area contributed by atoms with E-state index in [2.05, 4.69) is 15.5 Å². The Balaban J connectivity index is 1.55. The van der Waals surface area contributed by atoms with E-state index in [-0.39, 0.29) is 29.9 Å². The van der Waals surface area contributed by atoms with Crippen LogP contribution in [-0.2, 0) is 16.1 Å². The molecule has 0 unspecified atom stereocenters. The van der Waals surface area contributed by atoms with Crippen LogP contribution in [0.5, 0.6) is 0 Å². The number of likely N-dealkylation sites (N-methyl/N-ethyl adjacent to an activating group) is 1. The highest BCUT2D eigenvalue weighted by Crippen LogP contribution is 2.23. The van der Waals surface area contributed by atoms with Gasteiger partial charge in [0.15, 0.2) is 11.0 Å². The van der Waals surface area contributed by atoms with E-state index in [1.165, 1.54) is 40.9 Å². The summed E-state index contributed by atoms with van der Waals surface area (Å²) in [7, 11) is 1.56. The molecule has 0 aliphatic rings. The maximum absolute atomic E-state index is 12.9. The van der Waals surface area contributed by atoms with Crippen LogP contribution in [0.15, 0.2) is 59.8 Å². The first-order valence-electron chi connectivity index (χ1n) is 9.38. The second kappa shape index (κ2) is 10.0. The number of thioether (sulfide) groups is 1. The Hall–Kier alpha value is -3.20. The highest BCUT2D eigenvalue weighted by Gasteiger charge is 2.17. The zero-order chi connectivity index (χ0) is 21.5. The molecule has 9 heteroatoms. The van der Waals surface area contributed by atoms with E-state index in [0.29, 0.717) is 17.4 Å². The lowest BCUT2D eigenvalue weighted by Gasteiger charge is -2.16. The van der Waals surface area contributed by atoms with E-state index in [9.17, 15) is 14.0 Å². The Kier molecular flexibility index (Phi) is 7.18. The summed E-state index contributed by atoms with van der Waals surface area (Å²) in [5.41, 5.74) is 1.43. The van der Waals surface area contributed by atoms with Crippen LogP contribution in [-0.4, -0.2) is 50.8 Å². The summed E-state index contributed by atoms with van der Waals surface area (Å²) in [6, 6.07) is 15.2. The topological polar surface area (TPSA) is 80.1 Å². The van der Waals surface area contributed by atoms with Crippen LogP contribution in [0.4, 0.5) is 10.1 Å². The first kappa shape index (κ1) is 21.5. The molecule has 0 saturated heterocycles. The molecule has 1 heterocycles. The van der Waals surface area contributed by atoms with Gasteiger partial charge in [0.05, 0.1) is 12.3 Å². The van der Waals surface area contributed by atoms with E-state index in [4.69, 9.17) is 0 Å². The van der Waals surface area contributed by atoms with E-state index in [1.807, 2.05) is 41.8 Å². The van der Waals surface area contributed by atoms with E-state index in [1.54, 1.807) is 7.05 Å². The lowest BCUT2D eigenvalue weighted by atomic mass is 10.2. The summed E-state index contributed by atoms with van der Waals surface area (Å²) in [5.74, 6) is -0.0627. The molecule has 0 atom stereocenters. The largest absolute Gasteiger partial charge is 0.336 e. The Bertz CT molecular complexity index is 1010. The Morgan fingerprint density at radius 2 is 1.80 bits per heavy atom. The summed E-state index contributed by atoms with van der Waals surface area (Å²) >= 11 is 1.28. The van der Waals surface area contributed by atoms with Gasteiger partial charge in [-0.25, -0.2) is 4.39 Å². The molecule has 0 aliphatic heterocycles. The number of amides is 2. The number of halogens is 1. The van der Waals surface area contributed by atoms with Crippen LogP contribution in [0.3, 0.4) is 0 Å². The van der Waals surface area contributed by atoms with Crippen LogP contribution >= 0.6 is 11.8 Å². The lowest BCUT2D eigenvalue weighted by Crippen LogP contribution is -2.36. The molecule has 7 nitrogen and oxygen atoms in total. The third kappa shape index (κ3) is 5.44. The van der Waals surface area contributed by atoms with E-state index in [0.717, 1.165) is 11.4 Å². The van der Waals surface area contributed by atoms with Gasteiger partial charge in [-0.2, -0.15) is 0 Å². The number of aromatic nitrogens is 3. The van der Waals surface area contributed by atoms with Gasteiger partial charge >= 0.3 is 0 Å². The van der Waals surface area contributed by atoms with Crippen molar-refractivity contribution >= 4 is 29.3 Å². The van der Waals surface area contributed by atoms with Crippen LogP contribution in [0.2, 0.25) is 0 Å². The van der Waals surface area contributed by atoms with Crippen molar-refractivity contribution in [1.29, 1.82) is 0 Å². The third-order valence-corrected chi connectivity index (χ3v) is 5.28. The highest BCUT2D eigenvalue weighted by molar-refractivity contribution is 7.99. The number of benzene rings is 2. The van der Waals surface area contributed by atoms with Crippen molar-refractivity contribution < 1.29 is 14.0 Å². The van der Waals surface area contributed by atoms with Crippen LogP contribution in [0.25, 0.3) is 11.4 Å². The summed E-state index contributed by atoms with van der Waals surface area (Å²) in [4.78, 5) is 25.9. The van der Waals surface area contributed by atoms with Crippen LogP contribution in [0, 0.1) is 5.82 Å². The average molecular weight is 428 g/mol. The maximum Gasteiger partial charge on any atom is 0.243 e. The van der Waals surface area contributed by atoms with Crippen molar-refractivity contribution in [3.05, 3.63) is 60.4 Å². The zero-order valence-electron chi connectivity index (χ0n) is 16.7. The molecule has 3 rings (SSSR count). The fourth-order valence-electron chi connectivity index (χ4n) is 2.76. The number of nitrogens with zero attached hydrogens (tertiary/aromatic N) is 4. The zero-order valence-corrected chi connectivity index (χ0v) is 17.5. The van der Waals surface area contributed by atoms with Crippen molar-refractivity contribution in [2.45, 2.75) is 18.6 Å². The second-order valence-corrected chi connectivity index (χ2v) is 7.45. The number of nitrogens with one attached hydrogen (secondary N) is 1. The predicted octanol–water partition coefficient (Wildman–Crippen LogP) is 3.29. The van der Waals surface area contributed by atoms with Gasteiger partial charge in [0.25, 0.3) is 0 Å². The van der Waals surface area contributed by atoms with Gasteiger partial charge in [0.1, 0.15) is 5.82 Å². The quantitative estimate of drug-likeness (QED) is 0.558. The average Bonchev–Trinajstić information content (AvgIpc) is 3.17. The summed E-state index contributed by atoms with van der Waals surface area (Å²) in [6.07, 6.45) is 0. The Labute approximate surface area is 178 Å². The van der Waals surface area contributed by atoms with Gasteiger partial charge in [-0.05, 0) is 31.2 Å². The molecule has 0 radical (unpaired) electrons. The molecular formula is C21H22FN5O2S. The highest BCUT2D eigenvalue weighted by atomic mass is 32.2. The molecule has 0 bridgehead atoms. The minimum Gasteiger partial charge on any atom is -0.336 e. The fraction of sp³-hybridized carbons (Fsp3) is 0.238. The van der Waals surface area contributed by atoms with Crippen molar-refractivity contribution in [3.63, 3.8) is 0 Å². The maximum atomic E-state index is 12.9. The molecule has 30 heavy (non-hydrogen) atoms. The van der Waals surface area contributed by atoms with E-state index < -0.39 is 0 Å². The molecule has 0 fully saturated rings. The normalized spacial score (nSPS) is 10.6. The number of carbonyl (C=O) groups excluding carboxylic acids is 2. The summed E-state index contributed by atoms with van der Waals surface area (Å²) in [6.45, 7) is 2.56. The minimum atomic E-state index is -0.382. The van der Waals surface area contributed by atoms with Crippen molar-refractivity contribution in [3.8, 4) is 11.4 Å². The number of hydrogen-bond donors (Lipinski definition) is 1. The number of hydrogen-bond acceptors (Lipinski definition) is 5. The van der Waals surface area contributed by atoms with Crippen molar-refractivity contribution in [1.82, 2.24) is 19.7 Å². The SMILES string of the molecule is CCn1c(SCC(=O)N(C)CC(=O)Nc2ccc(F)cc2)nnc1-c1ccccc1. The second-order valence-electron chi connectivity index (χ2n) is 6.51.